The number of ether oxygens (including phenoxy) is 3. The Labute approximate surface area is 193 Å². The molecule has 0 aromatic heterocycles. The van der Waals surface area contributed by atoms with E-state index in [1.54, 1.807) is 6.92 Å². The second kappa shape index (κ2) is 10.0. The first-order chi connectivity index (χ1) is 16.0. The Morgan fingerprint density at radius 2 is 1.41 bits per heavy atom. The van der Waals surface area contributed by atoms with Gasteiger partial charge in [0.15, 0.2) is 0 Å². The van der Waals surface area contributed by atoms with Crippen LogP contribution in [0.25, 0.3) is 0 Å². The van der Waals surface area contributed by atoms with Gasteiger partial charge in [0, 0.05) is 0 Å². The Morgan fingerprint density at radius 1 is 0.853 bits per heavy atom. The number of hydrogen-bond donors (Lipinski definition) is 1. The van der Waals surface area contributed by atoms with E-state index in [0.717, 1.165) is 12.1 Å². The molecule has 7 nitrogen and oxygen atoms in total. The first-order valence-corrected chi connectivity index (χ1v) is 11.3. The van der Waals surface area contributed by atoms with Crippen molar-refractivity contribution >= 4 is 15.8 Å². The molecule has 0 fully saturated rings. The second-order valence-electron chi connectivity index (χ2n) is 6.91. The molecule has 0 aliphatic carbocycles. The van der Waals surface area contributed by atoms with Crippen LogP contribution in [0.2, 0.25) is 0 Å². The highest BCUT2D eigenvalue weighted by Crippen LogP contribution is 2.30. The Morgan fingerprint density at radius 3 is 1.94 bits per heavy atom. The minimum atomic E-state index is -4.81. The van der Waals surface area contributed by atoms with E-state index in [-0.39, 0.29) is 45.6 Å². The van der Waals surface area contributed by atoms with E-state index in [4.69, 9.17) is 14.6 Å². The number of alkyl halides is 3. The smallest absolute Gasteiger partial charge is 0.494 e. The summed E-state index contributed by atoms with van der Waals surface area (Å²) < 4.78 is 77.6. The minimum Gasteiger partial charge on any atom is -0.494 e. The van der Waals surface area contributed by atoms with Crippen molar-refractivity contribution in [1.82, 2.24) is 0 Å². The lowest BCUT2D eigenvalue weighted by molar-refractivity contribution is -0.274. The predicted molar refractivity (Wildman–Crippen MR) is 114 cm³/mol. The van der Waals surface area contributed by atoms with Gasteiger partial charge in [0.1, 0.15) is 23.0 Å². The molecule has 180 valence electrons. The van der Waals surface area contributed by atoms with Crippen LogP contribution in [0.5, 0.6) is 23.0 Å². The van der Waals surface area contributed by atoms with Crippen molar-refractivity contribution in [3.05, 3.63) is 72.3 Å². The fourth-order valence-corrected chi connectivity index (χ4v) is 4.33. The molecule has 3 aromatic rings. The van der Waals surface area contributed by atoms with Crippen LogP contribution in [0.15, 0.2) is 76.5 Å². The van der Waals surface area contributed by atoms with Gasteiger partial charge in [-0.1, -0.05) is 0 Å². The zero-order valence-electron chi connectivity index (χ0n) is 17.7. The molecular weight excluding hydrogens is 477 g/mol. The lowest BCUT2D eigenvalue weighted by Gasteiger charge is -2.12. The summed E-state index contributed by atoms with van der Waals surface area (Å²) in [7, 11) is -4.00. The van der Waals surface area contributed by atoms with E-state index < -0.39 is 27.9 Å². The molecule has 0 aliphatic rings. The van der Waals surface area contributed by atoms with Crippen molar-refractivity contribution in [2.75, 3.05) is 6.61 Å². The summed E-state index contributed by atoms with van der Waals surface area (Å²) in [5.74, 6) is -0.821. The maximum Gasteiger partial charge on any atom is 0.573 e. The molecule has 0 radical (unpaired) electrons. The molecule has 3 rings (SSSR count). The Bertz CT molecular complexity index is 1250. The summed E-state index contributed by atoms with van der Waals surface area (Å²) in [6.07, 6.45) is -5.18. The van der Waals surface area contributed by atoms with Gasteiger partial charge < -0.3 is 19.3 Å². The topological polar surface area (TPSA) is 99.1 Å². The van der Waals surface area contributed by atoms with Gasteiger partial charge >= 0.3 is 12.3 Å². The van der Waals surface area contributed by atoms with Gasteiger partial charge in [-0.3, -0.25) is 4.79 Å². The van der Waals surface area contributed by atoms with Gasteiger partial charge in [-0.05, 0) is 79.2 Å². The van der Waals surface area contributed by atoms with Crippen LogP contribution in [0.1, 0.15) is 12.5 Å². The predicted octanol–water partition coefficient (Wildman–Crippen LogP) is 5.24. The third-order valence-corrected chi connectivity index (χ3v) is 6.09. The zero-order valence-corrected chi connectivity index (χ0v) is 18.5. The number of hydrogen-bond acceptors (Lipinski definition) is 6. The summed E-state index contributed by atoms with van der Waals surface area (Å²) in [4.78, 5) is 10.9. The van der Waals surface area contributed by atoms with Crippen molar-refractivity contribution in [3.63, 3.8) is 0 Å². The van der Waals surface area contributed by atoms with Crippen LogP contribution in [-0.4, -0.2) is 32.5 Å². The third-order valence-electron chi connectivity index (χ3n) is 4.34. The molecule has 0 saturated carbocycles. The number of carboxylic acids is 1. The summed E-state index contributed by atoms with van der Waals surface area (Å²) in [6.45, 7) is 1.99. The van der Waals surface area contributed by atoms with Gasteiger partial charge in [0.05, 0.1) is 22.8 Å². The van der Waals surface area contributed by atoms with Crippen LogP contribution in [-0.2, 0) is 21.1 Å². The fraction of sp³-hybridized carbons (Fsp3) is 0.174. The summed E-state index contributed by atoms with van der Waals surface area (Å²) in [5, 5.41) is 9.05. The van der Waals surface area contributed by atoms with Crippen LogP contribution in [0.4, 0.5) is 13.2 Å². The number of carboxylic acid groups (broad SMARTS) is 1. The summed E-state index contributed by atoms with van der Waals surface area (Å²) in [6, 6.07) is 14.2. The number of carbonyl (C=O) groups is 1. The Kier molecular flexibility index (Phi) is 7.35. The molecule has 0 aliphatic heterocycles. The van der Waals surface area contributed by atoms with Gasteiger partial charge in [0.2, 0.25) is 9.84 Å². The lowest BCUT2D eigenvalue weighted by atomic mass is 10.1. The molecule has 0 spiro atoms. The molecule has 0 unspecified atom stereocenters. The quantitative estimate of drug-likeness (QED) is 0.433. The average molecular weight is 496 g/mol. The molecular formula is C23H19F3O7S. The second-order valence-corrected chi connectivity index (χ2v) is 8.86. The van der Waals surface area contributed by atoms with Gasteiger partial charge in [0.25, 0.3) is 0 Å². The van der Waals surface area contributed by atoms with Crippen molar-refractivity contribution in [3.8, 4) is 23.0 Å². The standard InChI is InChI=1S/C23H19F3O7S/c1-2-31-19-11-15(13-22(27)28)12-21(14-19)34(29,30)20-9-7-17(8-10-20)32-16-3-5-18(6-4-16)33-23(24,25)26/h3-12,14H,2,13H2,1H3,(H,27,28). The first-order valence-electron chi connectivity index (χ1n) is 9.83. The molecule has 0 bridgehead atoms. The lowest BCUT2D eigenvalue weighted by Crippen LogP contribution is -2.16. The van der Waals surface area contributed by atoms with Gasteiger partial charge in [-0.25, -0.2) is 8.42 Å². The van der Waals surface area contributed by atoms with Gasteiger partial charge in [-0.2, -0.15) is 0 Å². The Balaban J connectivity index is 1.81. The summed E-state index contributed by atoms with van der Waals surface area (Å²) >= 11 is 0. The van der Waals surface area contributed by atoms with Crippen molar-refractivity contribution in [2.24, 2.45) is 0 Å². The zero-order chi connectivity index (χ0) is 24.9. The Hall–Kier alpha value is -3.73. The maximum atomic E-state index is 13.1. The molecule has 11 heteroatoms. The highest BCUT2D eigenvalue weighted by Gasteiger charge is 2.31. The van der Waals surface area contributed by atoms with Crippen LogP contribution >= 0.6 is 0 Å². The van der Waals surface area contributed by atoms with Crippen molar-refractivity contribution < 1.29 is 45.7 Å². The molecule has 0 atom stereocenters. The number of aliphatic carboxylic acids is 1. The normalized spacial score (nSPS) is 11.6. The molecule has 0 amide bonds. The van der Waals surface area contributed by atoms with Gasteiger partial charge in [-0.15, -0.1) is 13.2 Å². The fourth-order valence-electron chi connectivity index (χ4n) is 2.98. The maximum absolute atomic E-state index is 13.1. The highest BCUT2D eigenvalue weighted by molar-refractivity contribution is 7.91. The van der Waals surface area contributed by atoms with E-state index in [0.29, 0.717) is 0 Å². The largest absolute Gasteiger partial charge is 0.573 e. The number of halogens is 3. The third kappa shape index (κ3) is 6.64. The molecule has 34 heavy (non-hydrogen) atoms. The van der Waals surface area contributed by atoms with Crippen LogP contribution < -0.4 is 14.2 Å². The van der Waals surface area contributed by atoms with Crippen molar-refractivity contribution in [1.29, 1.82) is 0 Å². The van der Waals surface area contributed by atoms with Crippen LogP contribution in [0, 0.1) is 0 Å². The summed E-state index contributed by atoms with van der Waals surface area (Å²) in [5.41, 5.74) is 0.273. The molecule has 1 N–H and O–H groups in total. The van der Waals surface area contributed by atoms with Crippen LogP contribution in [0.3, 0.4) is 0 Å². The van der Waals surface area contributed by atoms with E-state index in [9.17, 15) is 26.4 Å². The number of sulfone groups is 1. The monoisotopic (exact) mass is 496 g/mol. The average Bonchev–Trinajstić information content (AvgIpc) is 2.74. The SMILES string of the molecule is CCOc1cc(CC(=O)O)cc(S(=O)(=O)c2ccc(Oc3ccc(OC(F)(F)F)cc3)cc2)c1. The number of benzene rings is 3. The molecule has 3 aromatic carbocycles. The van der Waals surface area contributed by atoms with E-state index in [1.165, 1.54) is 54.6 Å². The molecule has 0 heterocycles. The minimum absolute atomic E-state index is 0.0660. The molecule has 0 saturated heterocycles. The number of rotatable bonds is 9. The van der Waals surface area contributed by atoms with E-state index in [1.807, 2.05) is 0 Å². The van der Waals surface area contributed by atoms with E-state index in [2.05, 4.69) is 4.74 Å². The first kappa shape index (κ1) is 24.9. The van der Waals surface area contributed by atoms with E-state index >= 15 is 0 Å². The van der Waals surface area contributed by atoms with Crippen molar-refractivity contribution in [2.45, 2.75) is 29.5 Å². The highest BCUT2D eigenvalue weighted by atomic mass is 32.2.